The molecule has 3 N–H and O–H groups in total. The van der Waals surface area contributed by atoms with E-state index >= 15 is 0 Å². The third-order valence-electron chi connectivity index (χ3n) is 4.64. The van der Waals surface area contributed by atoms with Gasteiger partial charge in [0, 0.05) is 30.8 Å². The molecule has 122 valence electrons. The van der Waals surface area contributed by atoms with Crippen LogP contribution in [0.3, 0.4) is 0 Å². The maximum absolute atomic E-state index is 12.5. The summed E-state index contributed by atoms with van der Waals surface area (Å²) in [5.41, 5.74) is 8.24. The third-order valence-corrected chi connectivity index (χ3v) is 5.58. The highest BCUT2D eigenvalue weighted by atomic mass is 35.5. The van der Waals surface area contributed by atoms with Crippen LogP contribution in [-0.4, -0.2) is 23.6 Å². The van der Waals surface area contributed by atoms with Crippen LogP contribution in [0.4, 0.5) is 0 Å². The zero-order chi connectivity index (χ0) is 15.3. The molecule has 1 fully saturated rings. The second-order valence-electron chi connectivity index (χ2n) is 6.14. The van der Waals surface area contributed by atoms with Crippen LogP contribution < -0.4 is 16.6 Å². The highest BCUT2D eigenvalue weighted by Crippen LogP contribution is 2.34. The van der Waals surface area contributed by atoms with Gasteiger partial charge in [-0.15, -0.1) is 23.7 Å². The zero-order valence-corrected chi connectivity index (χ0v) is 14.1. The lowest BCUT2D eigenvalue weighted by molar-refractivity contribution is 0.100. The molecule has 2 aliphatic heterocycles. The summed E-state index contributed by atoms with van der Waals surface area (Å²) in [5.74, 6) is 0.525. The number of nitrogens with two attached hydrogens (primary N) is 1. The number of halogens is 1. The van der Waals surface area contributed by atoms with Crippen molar-refractivity contribution in [3.8, 4) is 11.1 Å². The molecule has 0 aliphatic carbocycles. The quantitative estimate of drug-likeness (QED) is 0.866. The number of carbonyl (C=O) groups excluding carboxylic acids is 1. The standard InChI is InChI=1S/C16H17N3O2S.ClH/c17-16(21)14-3-12(8-22-14)10-2-13-11-1-9(5-18-6-11)7-19(13)15(20)4-10;/h2-4,8-9,11,18H,1,5-7H2,(H2,17,21);1H/t9-,11+;/m0./s1. The molecule has 2 aliphatic rings. The van der Waals surface area contributed by atoms with Crippen molar-refractivity contribution < 1.29 is 4.79 Å². The van der Waals surface area contributed by atoms with Crippen LogP contribution >= 0.6 is 23.7 Å². The number of fused-ring (bicyclic) bond motifs is 4. The van der Waals surface area contributed by atoms with Gasteiger partial charge in [-0.05, 0) is 47.5 Å². The summed E-state index contributed by atoms with van der Waals surface area (Å²) in [4.78, 5) is 24.3. The van der Waals surface area contributed by atoms with E-state index in [9.17, 15) is 9.59 Å². The molecule has 4 rings (SSSR count). The Bertz CT molecular complexity index is 814. The Morgan fingerprint density at radius 1 is 1.26 bits per heavy atom. The van der Waals surface area contributed by atoms with Gasteiger partial charge >= 0.3 is 0 Å². The van der Waals surface area contributed by atoms with Crippen LogP contribution in [-0.2, 0) is 6.54 Å². The van der Waals surface area contributed by atoms with E-state index in [0.717, 1.165) is 42.9 Å². The molecule has 4 heterocycles. The van der Waals surface area contributed by atoms with E-state index in [1.54, 1.807) is 12.1 Å². The topological polar surface area (TPSA) is 77.1 Å². The maximum atomic E-state index is 12.5. The van der Waals surface area contributed by atoms with E-state index in [4.69, 9.17) is 5.73 Å². The molecule has 2 atom stereocenters. The fraction of sp³-hybridized carbons (Fsp3) is 0.375. The normalized spacial score (nSPS) is 22.1. The molecule has 0 spiro atoms. The first-order chi connectivity index (χ1) is 10.6. The SMILES string of the molecule is Cl.NC(=O)c1cc(-c2cc3n(c(=O)c2)C[C@@H]2CNC[C@H]3C2)cs1. The van der Waals surface area contributed by atoms with Gasteiger partial charge in [0.1, 0.15) is 0 Å². The van der Waals surface area contributed by atoms with E-state index in [1.807, 2.05) is 9.95 Å². The lowest BCUT2D eigenvalue weighted by atomic mass is 9.83. The second kappa shape index (κ2) is 6.11. The van der Waals surface area contributed by atoms with Crippen molar-refractivity contribution >= 4 is 29.7 Å². The fourth-order valence-electron chi connectivity index (χ4n) is 3.59. The van der Waals surface area contributed by atoms with E-state index in [-0.39, 0.29) is 18.0 Å². The lowest BCUT2D eigenvalue weighted by Gasteiger charge is -2.37. The molecular formula is C16H18ClN3O2S. The number of carbonyl (C=O) groups is 1. The largest absolute Gasteiger partial charge is 0.365 e. The Hall–Kier alpha value is -1.63. The van der Waals surface area contributed by atoms with E-state index in [1.165, 1.54) is 11.3 Å². The van der Waals surface area contributed by atoms with Crippen LogP contribution in [0, 0.1) is 5.92 Å². The van der Waals surface area contributed by atoms with Gasteiger partial charge in [-0.3, -0.25) is 9.59 Å². The Balaban J connectivity index is 0.00000156. The van der Waals surface area contributed by atoms with Gasteiger partial charge in [0.25, 0.3) is 11.5 Å². The first kappa shape index (κ1) is 16.2. The molecule has 0 radical (unpaired) electrons. The van der Waals surface area contributed by atoms with Gasteiger partial charge in [-0.1, -0.05) is 0 Å². The van der Waals surface area contributed by atoms with Gasteiger partial charge in [-0.25, -0.2) is 0 Å². The minimum absolute atomic E-state index is 0. The third kappa shape index (κ3) is 2.82. The number of pyridine rings is 1. The van der Waals surface area contributed by atoms with E-state index < -0.39 is 5.91 Å². The van der Waals surface area contributed by atoms with Crippen molar-refractivity contribution in [2.75, 3.05) is 13.1 Å². The molecule has 2 aromatic heterocycles. The van der Waals surface area contributed by atoms with Crippen molar-refractivity contribution in [2.24, 2.45) is 11.7 Å². The number of aromatic nitrogens is 1. The first-order valence-corrected chi connectivity index (χ1v) is 8.34. The van der Waals surface area contributed by atoms with Gasteiger partial charge < -0.3 is 15.6 Å². The maximum Gasteiger partial charge on any atom is 0.258 e. The minimum Gasteiger partial charge on any atom is -0.365 e. The molecule has 5 nitrogen and oxygen atoms in total. The lowest BCUT2D eigenvalue weighted by Crippen LogP contribution is -2.44. The van der Waals surface area contributed by atoms with Crippen LogP contribution in [0.2, 0.25) is 0 Å². The smallest absolute Gasteiger partial charge is 0.258 e. The zero-order valence-electron chi connectivity index (χ0n) is 12.5. The van der Waals surface area contributed by atoms with Crippen molar-refractivity contribution in [3.05, 3.63) is 44.5 Å². The summed E-state index contributed by atoms with van der Waals surface area (Å²) in [6.07, 6.45) is 1.14. The number of nitrogens with zero attached hydrogens (tertiary/aromatic N) is 1. The number of thiophene rings is 1. The Morgan fingerprint density at radius 2 is 2.09 bits per heavy atom. The van der Waals surface area contributed by atoms with Crippen LogP contribution in [0.15, 0.2) is 28.4 Å². The van der Waals surface area contributed by atoms with Crippen molar-refractivity contribution in [2.45, 2.75) is 18.9 Å². The predicted octanol–water partition coefficient (Wildman–Crippen LogP) is 1.80. The van der Waals surface area contributed by atoms with Gasteiger partial charge in [0.15, 0.2) is 0 Å². The summed E-state index contributed by atoms with van der Waals surface area (Å²) >= 11 is 1.32. The Kier molecular flexibility index (Phi) is 4.31. The van der Waals surface area contributed by atoms with Crippen LogP contribution in [0.25, 0.3) is 11.1 Å². The van der Waals surface area contributed by atoms with E-state index in [0.29, 0.717) is 16.7 Å². The first-order valence-electron chi connectivity index (χ1n) is 7.46. The Labute approximate surface area is 143 Å². The monoisotopic (exact) mass is 351 g/mol. The summed E-state index contributed by atoms with van der Waals surface area (Å²) < 4.78 is 1.92. The van der Waals surface area contributed by atoms with Gasteiger partial charge in [0.2, 0.25) is 0 Å². The van der Waals surface area contributed by atoms with Crippen LogP contribution in [0.5, 0.6) is 0 Å². The molecule has 7 heteroatoms. The minimum atomic E-state index is -0.426. The highest BCUT2D eigenvalue weighted by Gasteiger charge is 2.31. The number of hydrogen-bond acceptors (Lipinski definition) is 4. The summed E-state index contributed by atoms with van der Waals surface area (Å²) in [5, 5.41) is 5.34. The molecule has 2 aromatic rings. The average molecular weight is 352 g/mol. The molecular weight excluding hydrogens is 334 g/mol. The second-order valence-corrected chi connectivity index (χ2v) is 7.05. The number of primary amides is 1. The molecule has 0 saturated carbocycles. The summed E-state index contributed by atoms with van der Waals surface area (Å²) in [6.45, 7) is 2.72. The fourth-order valence-corrected chi connectivity index (χ4v) is 4.36. The van der Waals surface area contributed by atoms with Gasteiger partial charge in [0.05, 0.1) is 4.88 Å². The van der Waals surface area contributed by atoms with Gasteiger partial charge in [-0.2, -0.15) is 0 Å². The Morgan fingerprint density at radius 3 is 2.83 bits per heavy atom. The number of rotatable bonds is 2. The molecule has 0 aromatic carbocycles. The van der Waals surface area contributed by atoms with Crippen molar-refractivity contribution in [1.29, 1.82) is 0 Å². The highest BCUT2D eigenvalue weighted by molar-refractivity contribution is 7.12. The summed E-state index contributed by atoms with van der Waals surface area (Å²) in [6, 6.07) is 5.54. The van der Waals surface area contributed by atoms with Crippen molar-refractivity contribution in [3.63, 3.8) is 0 Å². The number of hydrogen-bond donors (Lipinski definition) is 2. The molecule has 1 amide bonds. The van der Waals surface area contributed by atoms with Crippen LogP contribution in [0.1, 0.15) is 27.7 Å². The number of nitrogens with one attached hydrogen (secondary N) is 1. The van der Waals surface area contributed by atoms with Crippen molar-refractivity contribution in [1.82, 2.24) is 9.88 Å². The molecule has 2 bridgehead atoms. The predicted molar refractivity (Wildman–Crippen MR) is 93.5 cm³/mol. The molecule has 1 saturated heterocycles. The summed E-state index contributed by atoms with van der Waals surface area (Å²) in [7, 11) is 0. The molecule has 0 unspecified atom stereocenters. The average Bonchev–Trinajstić information content (AvgIpc) is 2.99. The molecule has 23 heavy (non-hydrogen) atoms. The van der Waals surface area contributed by atoms with E-state index in [2.05, 4.69) is 11.4 Å². The number of piperidine rings is 1. The number of amides is 1.